The molecule has 0 heterocycles. The summed E-state index contributed by atoms with van der Waals surface area (Å²) in [7, 11) is -4.94. The molecule has 0 aromatic carbocycles. The van der Waals surface area contributed by atoms with Crippen LogP contribution in [0.3, 0.4) is 0 Å². The number of hydrogen-bond donors (Lipinski definition) is 0. The van der Waals surface area contributed by atoms with Crippen LogP contribution in [0, 0.1) is 0 Å². The van der Waals surface area contributed by atoms with E-state index in [1.165, 1.54) is 0 Å². The van der Waals surface area contributed by atoms with Gasteiger partial charge in [-0.3, -0.25) is 4.18 Å². The van der Waals surface area contributed by atoms with Crippen molar-refractivity contribution in [3.05, 3.63) is 12.2 Å². The maximum absolute atomic E-state index is 11.6. The van der Waals surface area contributed by atoms with Gasteiger partial charge in [-0.2, -0.15) is 22.0 Å². The topological polar surface area (TPSA) is 26.3 Å². The standard InChI is InChI=1S/C4H3F5O2S2/c5-3(6)1-2-11-13(10,12)4(7,8)9/h1H,2H2. The van der Waals surface area contributed by atoms with E-state index in [4.69, 9.17) is 0 Å². The van der Waals surface area contributed by atoms with E-state index in [-0.39, 0.29) is 6.08 Å². The van der Waals surface area contributed by atoms with Crippen molar-refractivity contribution < 1.29 is 30.3 Å². The van der Waals surface area contributed by atoms with Gasteiger partial charge in [0.25, 0.3) is 6.08 Å². The molecule has 0 amide bonds. The molecule has 0 rings (SSSR count). The first kappa shape index (κ1) is 12.7. The van der Waals surface area contributed by atoms with E-state index in [2.05, 4.69) is 15.4 Å². The third kappa shape index (κ3) is 4.48. The highest BCUT2D eigenvalue weighted by Crippen LogP contribution is 2.25. The minimum absolute atomic E-state index is 0.0394. The van der Waals surface area contributed by atoms with Crippen LogP contribution in [0.1, 0.15) is 0 Å². The van der Waals surface area contributed by atoms with E-state index in [0.29, 0.717) is 0 Å². The molecule has 78 valence electrons. The Bertz CT molecular complexity index is 286. The highest BCUT2D eigenvalue weighted by molar-refractivity contribution is 8.30. The summed E-state index contributed by atoms with van der Waals surface area (Å²) < 4.78 is 71.4. The normalized spacial score (nSPS) is 16.4. The molecule has 0 N–H and O–H groups in total. The molecule has 0 aliphatic carbocycles. The van der Waals surface area contributed by atoms with Crippen LogP contribution >= 0.6 is 0 Å². The van der Waals surface area contributed by atoms with Gasteiger partial charge < -0.3 is 0 Å². The van der Waals surface area contributed by atoms with Gasteiger partial charge in [0.05, 0.1) is 6.61 Å². The molecule has 0 saturated heterocycles. The van der Waals surface area contributed by atoms with Gasteiger partial charge in [-0.25, -0.2) is 4.21 Å². The van der Waals surface area contributed by atoms with E-state index in [1.54, 1.807) is 0 Å². The van der Waals surface area contributed by atoms with Gasteiger partial charge in [-0.05, 0) is 0 Å². The summed E-state index contributed by atoms with van der Waals surface area (Å²) in [4.78, 5) is 0. The van der Waals surface area contributed by atoms with Crippen LogP contribution in [-0.2, 0) is 24.1 Å². The summed E-state index contributed by atoms with van der Waals surface area (Å²) in [6.45, 7) is -1.13. The van der Waals surface area contributed by atoms with Gasteiger partial charge in [0.2, 0.25) is 8.77 Å². The van der Waals surface area contributed by atoms with Gasteiger partial charge in [0.15, 0.2) is 0 Å². The molecule has 0 aromatic rings. The van der Waals surface area contributed by atoms with Gasteiger partial charge in [-0.1, -0.05) is 0 Å². The van der Waals surface area contributed by atoms with Gasteiger partial charge in [0, 0.05) is 17.3 Å². The first-order valence-corrected chi connectivity index (χ1v) is 5.04. The Balaban J connectivity index is 4.31. The van der Waals surface area contributed by atoms with E-state index in [1.807, 2.05) is 0 Å². The molecule has 0 aliphatic heterocycles. The molecule has 0 fully saturated rings. The van der Waals surface area contributed by atoms with E-state index < -0.39 is 27.0 Å². The molecule has 2 nitrogen and oxygen atoms in total. The average Bonchev–Trinajstić information content (AvgIpc) is 1.82. The summed E-state index contributed by atoms with van der Waals surface area (Å²) in [6, 6.07) is 0. The third-order valence-corrected chi connectivity index (χ3v) is 2.61. The first-order chi connectivity index (χ1) is 5.67. The molecule has 0 radical (unpaired) electrons. The smallest absolute Gasteiger partial charge is 0.279 e. The van der Waals surface area contributed by atoms with Crippen molar-refractivity contribution in [2.75, 3.05) is 6.61 Å². The largest absolute Gasteiger partial charge is 0.497 e. The Hall–Kier alpha value is -0.280. The highest BCUT2D eigenvalue weighted by Gasteiger charge is 2.42. The lowest BCUT2D eigenvalue weighted by molar-refractivity contribution is -0.0474. The van der Waals surface area contributed by atoms with Crippen LogP contribution in [-0.4, -0.2) is 16.3 Å². The first-order valence-electron chi connectivity index (χ1n) is 2.63. The number of alkyl halides is 3. The molecule has 0 aromatic heterocycles. The quantitative estimate of drug-likeness (QED) is 0.708. The van der Waals surface area contributed by atoms with Crippen molar-refractivity contribution in [3.63, 3.8) is 0 Å². The molecular weight excluding hydrogens is 239 g/mol. The van der Waals surface area contributed by atoms with Crippen LogP contribution in [0.4, 0.5) is 22.0 Å². The van der Waals surface area contributed by atoms with Crippen molar-refractivity contribution in [1.82, 2.24) is 0 Å². The molecule has 1 atom stereocenters. The second kappa shape index (κ2) is 4.29. The summed E-state index contributed by atoms with van der Waals surface area (Å²) in [6.07, 6.45) is -2.19. The SMILES string of the molecule is O=S(=S)(OCC=C(F)F)C(F)(F)F. The summed E-state index contributed by atoms with van der Waals surface area (Å²) in [5, 5.41) is 0. The minimum atomic E-state index is -5.22. The lowest BCUT2D eigenvalue weighted by Gasteiger charge is -2.08. The van der Waals surface area contributed by atoms with Crippen molar-refractivity contribution in [3.8, 4) is 0 Å². The Morgan fingerprint density at radius 2 is 1.92 bits per heavy atom. The number of hydrogen-bond acceptors (Lipinski definition) is 3. The fourth-order valence-electron chi connectivity index (χ4n) is 0.253. The van der Waals surface area contributed by atoms with Crippen molar-refractivity contribution in [1.29, 1.82) is 0 Å². The number of halogens is 5. The zero-order chi connectivity index (χ0) is 10.7. The van der Waals surface area contributed by atoms with Crippen LogP contribution in [0.2, 0.25) is 0 Å². The molecule has 1 unspecified atom stereocenters. The molecule has 13 heavy (non-hydrogen) atoms. The molecule has 0 spiro atoms. The molecule has 0 saturated carbocycles. The fraction of sp³-hybridized carbons (Fsp3) is 0.500. The van der Waals surface area contributed by atoms with Crippen molar-refractivity contribution >= 4 is 20.0 Å². The zero-order valence-electron chi connectivity index (χ0n) is 5.81. The van der Waals surface area contributed by atoms with Crippen molar-refractivity contribution in [2.24, 2.45) is 0 Å². The second-order valence-corrected chi connectivity index (χ2v) is 4.60. The van der Waals surface area contributed by atoms with Crippen LogP contribution < -0.4 is 0 Å². The van der Waals surface area contributed by atoms with Gasteiger partial charge in [-0.15, -0.1) is 0 Å². The Morgan fingerprint density at radius 1 is 1.46 bits per heavy atom. The summed E-state index contributed by atoms with van der Waals surface area (Å²) in [5.74, 6) is 0. The maximum Gasteiger partial charge on any atom is 0.497 e. The minimum Gasteiger partial charge on any atom is -0.279 e. The summed E-state index contributed by atoms with van der Waals surface area (Å²) in [5.41, 5.74) is -5.22. The third-order valence-electron chi connectivity index (χ3n) is 0.744. The van der Waals surface area contributed by atoms with E-state index >= 15 is 0 Å². The average molecular weight is 242 g/mol. The lowest BCUT2D eigenvalue weighted by atomic mass is 10.7. The fourth-order valence-corrected chi connectivity index (χ4v) is 0.801. The van der Waals surface area contributed by atoms with E-state index in [9.17, 15) is 26.2 Å². The number of rotatable bonds is 3. The van der Waals surface area contributed by atoms with Crippen LogP contribution in [0.25, 0.3) is 0 Å². The predicted octanol–water partition coefficient (Wildman–Crippen LogP) is 1.96. The second-order valence-electron chi connectivity index (χ2n) is 1.68. The Labute approximate surface area is 75.2 Å². The molecule has 0 bridgehead atoms. The maximum atomic E-state index is 11.6. The zero-order valence-corrected chi connectivity index (χ0v) is 7.44. The molecule has 9 heteroatoms. The Morgan fingerprint density at radius 3 is 2.23 bits per heavy atom. The molecular formula is C4H3F5O2S2. The lowest BCUT2D eigenvalue weighted by Crippen LogP contribution is -2.24. The Kier molecular flexibility index (Phi) is 4.20. The highest BCUT2D eigenvalue weighted by atomic mass is 32.8. The van der Waals surface area contributed by atoms with Gasteiger partial charge in [0.1, 0.15) is 0 Å². The van der Waals surface area contributed by atoms with Crippen molar-refractivity contribution in [2.45, 2.75) is 5.51 Å². The van der Waals surface area contributed by atoms with Crippen LogP contribution in [0.15, 0.2) is 12.2 Å². The van der Waals surface area contributed by atoms with Gasteiger partial charge >= 0.3 is 5.51 Å². The van der Waals surface area contributed by atoms with E-state index in [0.717, 1.165) is 0 Å². The monoisotopic (exact) mass is 242 g/mol. The predicted molar refractivity (Wildman–Crippen MR) is 37.8 cm³/mol. The van der Waals surface area contributed by atoms with Crippen LogP contribution in [0.5, 0.6) is 0 Å². The summed E-state index contributed by atoms with van der Waals surface area (Å²) >= 11 is 3.54. The molecule has 0 aliphatic rings.